The number of anilines is 3. The van der Waals surface area contributed by atoms with Crippen molar-refractivity contribution in [2.24, 2.45) is 0 Å². The van der Waals surface area contributed by atoms with E-state index >= 15 is 0 Å². The molecule has 2 N–H and O–H groups in total. The average molecular weight is 284 g/mol. The Bertz CT molecular complexity index is 617. The molecule has 1 aromatic heterocycles. The molecule has 0 atom stereocenters. The zero-order chi connectivity index (χ0) is 14.0. The molecule has 100 valence electrons. The third kappa shape index (κ3) is 2.93. The van der Waals surface area contributed by atoms with Crippen LogP contribution in [0.15, 0.2) is 24.3 Å². The predicted octanol–water partition coefficient (Wildman–Crippen LogP) is 4.11. The fourth-order valence-electron chi connectivity index (χ4n) is 1.54. The maximum Gasteiger partial charge on any atom is 0.169 e. The van der Waals surface area contributed by atoms with E-state index in [1.807, 2.05) is 6.92 Å². The van der Waals surface area contributed by atoms with Gasteiger partial charge in [0.25, 0.3) is 0 Å². The first-order valence-electron chi connectivity index (χ1n) is 5.58. The van der Waals surface area contributed by atoms with E-state index in [4.69, 9.17) is 11.6 Å². The number of rotatable bonds is 3. The van der Waals surface area contributed by atoms with E-state index in [1.54, 1.807) is 18.2 Å². The van der Waals surface area contributed by atoms with Gasteiger partial charge in [-0.3, -0.25) is 0 Å². The lowest BCUT2D eigenvalue weighted by atomic mass is 10.2. The Morgan fingerprint density at radius 1 is 1.11 bits per heavy atom. The molecule has 0 saturated heterocycles. The lowest BCUT2D eigenvalue weighted by molar-refractivity contribution is 0.580. The summed E-state index contributed by atoms with van der Waals surface area (Å²) in [7, 11) is 1.51. The molecule has 0 radical (unpaired) electrons. The Balaban J connectivity index is 2.34. The topological polar surface area (TPSA) is 37.0 Å². The van der Waals surface area contributed by atoms with Crippen molar-refractivity contribution in [3.8, 4) is 0 Å². The molecule has 19 heavy (non-hydrogen) atoms. The number of hydrogen-bond acceptors (Lipinski definition) is 3. The second-order valence-corrected chi connectivity index (χ2v) is 4.40. The average Bonchev–Trinajstić information content (AvgIpc) is 2.37. The van der Waals surface area contributed by atoms with Gasteiger partial charge in [-0.05, 0) is 24.6 Å². The molecule has 0 bridgehead atoms. The van der Waals surface area contributed by atoms with E-state index < -0.39 is 11.6 Å². The van der Waals surface area contributed by atoms with E-state index in [0.717, 1.165) is 11.6 Å². The van der Waals surface area contributed by atoms with E-state index in [0.29, 0.717) is 10.7 Å². The first-order valence-corrected chi connectivity index (χ1v) is 5.96. The van der Waals surface area contributed by atoms with Crippen LogP contribution in [0.2, 0.25) is 5.02 Å². The summed E-state index contributed by atoms with van der Waals surface area (Å²) in [6, 6.07) is 5.97. The maximum absolute atomic E-state index is 13.6. The van der Waals surface area contributed by atoms with Crippen molar-refractivity contribution < 1.29 is 8.78 Å². The molecule has 0 amide bonds. The van der Waals surface area contributed by atoms with Crippen molar-refractivity contribution in [1.29, 1.82) is 0 Å². The van der Waals surface area contributed by atoms with E-state index in [1.165, 1.54) is 7.05 Å². The fraction of sp³-hybridized carbons (Fsp3) is 0.154. The zero-order valence-corrected chi connectivity index (χ0v) is 11.1. The summed E-state index contributed by atoms with van der Waals surface area (Å²) in [5.74, 6) is -1.60. The molecule has 1 aromatic carbocycles. The van der Waals surface area contributed by atoms with Crippen LogP contribution >= 0.6 is 11.6 Å². The molecule has 6 heteroatoms. The molecular weight excluding hydrogens is 272 g/mol. The highest BCUT2D eigenvalue weighted by Gasteiger charge is 2.11. The second kappa shape index (κ2) is 5.40. The van der Waals surface area contributed by atoms with Crippen molar-refractivity contribution in [3.05, 3.63) is 46.5 Å². The van der Waals surface area contributed by atoms with Gasteiger partial charge in [0.05, 0.1) is 0 Å². The minimum absolute atomic E-state index is 0.0258. The minimum atomic E-state index is -0.770. The Morgan fingerprint density at radius 2 is 1.79 bits per heavy atom. The van der Waals surface area contributed by atoms with Crippen molar-refractivity contribution in [2.45, 2.75) is 6.92 Å². The summed E-state index contributed by atoms with van der Waals surface area (Å²) >= 11 is 5.98. The van der Waals surface area contributed by atoms with Crippen LogP contribution in [0.3, 0.4) is 0 Å². The normalized spacial score (nSPS) is 10.4. The molecular formula is C13H12ClF2N3. The highest BCUT2D eigenvalue weighted by Crippen LogP contribution is 2.25. The zero-order valence-electron chi connectivity index (χ0n) is 10.4. The molecule has 2 rings (SSSR count). The first-order chi connectivity index (χ1) is 9.01. The Labute approximate surface area is 114 Å². The minimum Gasteiger partial charge on any atom is -0.371 e. The lowest BCUT2D eigenvalue weighted by Gasteiger charge is -2.10. The number of halogens is 3. The Hall–Kier alpha value is -1.88. The molecule has 2 aromatic rings. The van der Waals surface area contributed by atoms with Crippen LogP contribution in [-0.4, -0.2) is 12.0 Å². The molecule has 0 aliphatic rings. The Morgan fingerprint density at radius 3 is 2.42 bits per heavy atom. The molecule has 0 fully saturated rings. The quantitative estimate of drug-likeness (QED) is 0.890. The van der Waals surface area contributed by atoms with Gasteiger partial charge in [-0.15, -0.1) is 0 Å². The molecule has 1 heterocycles. The Kier molecular flexibility index (Phi) is 3.85. The van der Waals surface area contributed by atoms with Crippen molar-refractivity contribution in [2.75, 3.05) is 17.7 Å². The van der Waals surface area contributed by atoms with Crippen LogP contribution in [0.4, 0.5) is 26.1 Å². The first kappa shape index (κ1) is 13.5. The number of nitrogens with zero attached hydrogens (tertiary/aromatic N) is 1. The third-order valence-electron chi connectivity index (χ3n) is 2.60. The van der Waals surface area contributed by atoms with Gasteiger partial charge >= 0.3 is 0 Å². The van der Waals surface area contributed by atoms with E-state index in [9.17, 15) is 8.78 Å². The predicted molar refractivity (Wildman–Crippen MR) is 73.2 cm³/mol. The number of pyridine rings is 1. The van der Waals surface area contributed by atoms with Gasteiger partial charge in [0.2, 0.25) is 0 Å². The van der Waals surface area contributed by atoms with E-state index in [-0.39, 0.29) is 11.6 Å². The van der Waals surface area contributed by atoms with Gasteiger partial charge < -0.3 is 10.6 Å². The van der Waals surface area contributed by atoms with Gasteiger partial charge in [-0.2, -0.15) is 0 Å². The van der Waals surface area contributed by atoms with E-state index in [2.05, 4.69) is 15.6 Å². The monoisotopic (exact) mass is 283 g/mol. The summed E-state index contributed by atoms with van der Waals surface area (Å²) in [6.45, 7) is 1.86. The van der Waals surface area contributed by atoms with Gasteiger partial charge in [-0.25, -0.2) is 13.8 Å². The maximum atomic E-state index is 13.6. The van der Waals surface area contributed by atoms with Crippen LogP contribution in [0.5, 0.6) is 0 Å². The molecule has 0 aliphatic heterocycles. The summed E-state index contributed by atoms with van der Waals surface area (Å²) in [5, 5.41) is 5.87. The van der Waals surface area contributed by atoms with Gasteiger partial charge in [0.1, 0.15) is 0 Å². The molecule has 0 saturated carbocycles. The van der Waals surface area contributed by atoms with Crippen molar-refractivity contribution >= 4 is 28.9 Å². The van der Waals surface area contributed by atoms with Crippen LogP contribution in [-0.2, 0) is 0 Å². The number of aromatic nitrogens is 1. The van der Waals surface area contributed by atoms with Gasteiger partial charge in [0.15, 0.2) is 23.3 Å². The second-order valence-electron chi connectivity index (χ2n) is 3.99. The standard InChI is InChI=1S/C13H12ClF2N3/c1-7-3-4-8(5-9(7)14)18-13-11(16)6-10(15)12(17-2)19-13/h3-6H,1-2H3,(H2,17,18,19). The van der Waals surface area contributed by atoms with Crippen LogP contribution < -0.4 is 10.6 Å². The van der Waals surface area contributed by atoms with Crippen LogP contribution in [0.1, 0.15) is 5.56 Å². The summed E-state index contributed by atoms with van der Waals surface area (Å²) in [4.78, 5) is 3.82. The summed E-state index contributed by atoms with van der Waals surface area (Å²) in [5.41, 5.74) is 1.49. The lowest BCUT2D eigenvalue weighted by Crippen LogP contribution is -2.03. The summed E-state index contributed by atoms with van der Waals surface area (Å²) < 4.78 is 26.9. The SMILES string of the molecule is CNc1nc(Nc2ccc(C)c(Cl)c2)c(F)cc1F. The number of benzene rings is 1. The fourth-order valence-corrected chi connectivity index (χ4v) is 1.72. The number of nitrogens with one attached hydrogen (secondary N) is 2. The molecule has 0 unspecified atom stereocenters. The van der Waals surface area contributed by atoms with Crippen molar-refractivity contribution in [3.63, 3.8) is 0 Å². The highest BCUT2D eigenvalue weighted by molar-refractivity contribution is 6.31. The summed E-state index contributed by atoms with van der Waals surface area (Å²) in [6.07, 6.45) is 0. The molecule has 0 spiro atoms. The molecule has 0 aliphatic carbocycles. The van der Waals surface area contributed by atoms with Crippen LogP contribution in [0, 0.1) is 18.6 Å². The van der Waals surface area contributed by atoms with Gasteiger partial charge in [-0.1, -0.05) is 17.7 Å². The smallest absolute Gasteiger partial charge is 0.169 e. The third-order valence-corrected chi connectivity index (χ3v) is 3.01. The van der Waals surface area contributed by atoms with Crippen LogP contribution in [0.25, 0.3) is 0 Å². The largest absolute Gasteiger partial charge is 0.371 e. The van der Waals surface area contributed by atoms with Gasteiger partial charge in [0, 0.05) is 23.8 Å². The number of aryl methyl sites for hydroxylation is 1. The van der Waals surface area contributed by atoms with Crippen molar-refractivity contribution in [1.82, 2.24) is 4.98 Å². The molecule has 3 nitrogen and oxygen atoms in total. The highest BCUT2D eigenvalue weighted by atomic mass is 35.5. The number of hydrogen-bond donors (Lipinski definition) is 2.